The molecule has 0 aliphatic carbocycles. The van der Waals surface area contributed by atoms with E-state index in [1.165, 1.54) is 31.4 Å². The van der Waals surface area contributed by atoms with Crippen molar-refractivity contribution in [2.24, 2.45) is 5.73 Å². The Morgan fingerprint density at radius 3 is 1.96 bits per heavy atom. The highest BCUT2D eigenvalue weighted by Crippen LogP contribution is 2.47. The summed E-state index contributed by atoms with van der Waals surface area (Å²) >= 11 is 0. The third kappa shape index (κ3) is 2.74. The molecular formula is C13H11F6N3O. The van der Waals surface area contributed by atoms with Gasteiger partial charge < -0.3 is 15.0 Å². The highest BCUT2D eigenvalue weighted by molar-refractivity contribution is 5.39. The Kier molecular flexibility index (Phi) is 4.05. The number of nitrogens with zero attached hydrogens (tertiary/aromatic N) is 2. The Balaban J connectivity index is 2.62. The largest absolute Gasteiger partial charge is 0.497 e. The van der Waals surface area contributed by atoms with Crippen LogP contribution in [0.2, 0.25) is 0 Å². The summed E-state index contributed by atoms with van der Waals surface area (Å²) in [5.74, 6) is -0.983. The molecule has 0 bridgehead atoms. The van der Waals surface area contributed by atoms with E-state index in [1.54, 1.807) is 0 Å². The molecule has 0 amide bonds. The summed E-state index contributed by atoms with van der Waals surface area (Å²) in [6.45, 7) is 0. The Morgan fingerprint density at radius 1 is 1.00 bits per heavy atom. The number of halogens is 6. The summed E-state index contributed by atoms with van der Waals surface area (Å²) in [5.41, 5.74) is 0.190. The minimum atomic E-state index is -5.78. The fraction of sp³-hybridized carbons (Fsp3) is 0.308. The Morgan fingerprint density at radius 2 is 1.52 bits per heavy atom. The minimum absolute atomic E-state index is 0.0293. The zero-order valence-electron chi connectivity index (χ0n) is 11.6. The molecule has 0 saturated heterocycles. The average molecular weight is 339 g/mol. The summed E-state index contributed by atoms with van der Waals surface area (Å²) in [6, 6.07) is 5.35. The number of hydrogen-bond acceptors (Lipinski definition) is 3. The Bertz CT molecular complexity index is 660. The van der Waals surface area contributed by atoms with Crippen LogP contribution in [0.15, 0.2) is 36.7 Å². The number of benzene rings is 1. The van der Waals surface area contributed by atoms with Gasteiger partial charge in [-0.15, -0.1) is 0 Å². The SMILES string of the molecule is COc1ccc(-n2ccnc2C(N)(C(F)(F)F)C(F)(F)F)cc1. The minimum Gasteiger partial charge on any atom is -0.497 e. The van der Waals surface area contributed by atoms with Gasteiger partial charge in [0.25, 0.3) is 5.54 Å². The topological polar surface area (TPSA) is 53.1 Å². The van der Waals surface area contributed by atoms with E-state index < -0.39 is 23.7 Å². The fourth-order valence-corrected chi connectivity index (χ4v) is 1.96. The van der Waals surface area contributed by atoms with Crippen LogP contribution in [-0.4, -0.2) is 29.0 Å². The molecule has 2 N–H and O–H groups in total. The summed E-state index contributed by atoms with van der Waals surface area (Å²) in [7, 11) is 1.37. The maximum atomic E-state index is 13.1. The predicted molar refractivity (Wildman–Crippen MR) is 68.1 cm³/mol. The predicted octanol–water partition coefficient (Wildman–Crippen LogP) is 3.16. The van der Waals surface area contributed by atoms with Crippen molar-refractivity contribution in [1.29, 1.82) is 0 Å². The van der Waals surface area contributed by atoms with E-state index in [1.807, 2.05) is 0 Å². The van der Waals surface area contributed by atoms with Gasteiger partial charge in [-0.25, -0.2) is 4.98 Å². The van der Waals surface area contributed by atoms with Crippen molar-refractivity contribution < 1.29 is 31.1 Å². The molecule has 10 heteroatoms. The van der Waals surface area contributed by atoms with Crippen LogP contribution in [0.25, 0.3) is 5.69 Å². The summed E-state index contributed by atoms with van der Waals surface area (Å²) in [6.07, 6.45) is -9.77. The van der Waals surface area contributed by atoms with Crippen LogP contribution >= 0.6 is 0 Å². The van der Waals surface area contributed by atoms with Crippen molar-refractivity contribution in [3.63, 3.8) is 0 Å². The lowest BCUT2D eigenvalue weighted by atomic mass is 9.98. The van der Waals surface area contributed by atoms with Crippen LogP contribution in [0.5, 0.6) is 5.75 Å². The molecule has 23 heavy (non-hydrogen) atoms. The van der Waals surface area contributed by atoms with Crippen molar-refractivity contribution in [1.82, 2.24) is 9.55 Å². The molecule has 2 aromatic rings. The summed E-state index contributed by atoms with van der Waals surface area (Å²) in [4.78, 5) is 3.21. The molecule has 0 saturated carbocycles. The van der Waals surface area contributed by atoms with Gasteiger partial charge in [0.2, 0.25) is 0 Å². The first-order valence-corrected chi connectivity index (χ1v) is 6.13. The van der Waals surface area contributed by atoms with Crippen molar-refractivity contribution in [3.8, 4) is 11.4 Å². The van der Waals surface area contributed by atoms with Gasteiger partial charge in [0.05, 0.1) is 7.11 Å². The van der Waals surface area contributed by atoms with Crippen LogP contribution in [0, 0.1) is 0 Å². The van der Waals surface area contributed by atoms with Crippen LogP contribution in [0.3, 0.4) is 0 Å². The van der Waals surface area contributed by atoms with E-state index in [0.29, 0.717) is 10.3 Å². The molecule has 0 aliphatic rings. The molecule has 1 aromatic carbocycles. The van der Waals surface area contributed by atoms with Crippen LogP contribution in [-0.2, 0) is 5.54 Å². The second kappa shape index (κ2) is 5.44. The number of hydrogen-bond donors (Lipinski definition) is 1. The number of rotatable bonds is 3. The second-order valence-electron chi connectivity index (χ2n) is 4.62. The number of imidazole rings is 1. The van der Waals surface area contributed by atoms with Gasteiger partial charge in [-0.1, -0.05) is 0 Å². The van der Waals surface area contributed by atoms with Gasteiger partial charge in [-0.2, -0.15) is 26.3 Å². The molecule has 0 spiro atoms. The molecule has 126 valence electrons. The van der Waals surface area contributed by atoms with Crippen LogP contribution in [0.4, 0.5) is 26.3 Å². The third-order valence-electron chi connectivity index (χ3n) is 3.24. The highest BCUT2D eigenvalue weighted by atomic mass is 19.4. The first-order valence-electron chi connectivity index (χ1n) is 6.13. The summed E-state index contributed by atoms with van der Waals surface area (Å²) < 4.78 is 83.9. The second-order valence-corrected chi connectivity index (χ2v) is 4.62. The van der Waals surface area contributed by atoms with Crippen LogP contribution in [0.1, 0.15) is 5.82 Å². The number of aromatic nitrogens is 2. The standard InChI is InChI=1S/C13H11F6N3O/c1-23-9-4-2-8(3-5-9)22-7-6-21-10(22)11(20,12(14,15)16)13(17,18)19/h2-7H,20H2,1H3. The van der Waals surface area contributed by atoms with E-state index >= 15 is 0 Å². The van der Waals surface area contributed by atoms with E-state index in [2.05, 4.69) is 4.98 Å². The van der Waals surface area contributed by atoms with Gasteiger partial charge in [-0.05, 0) is 24.3 Å². The van der Waals surface area contributed by atoms with Gasteiger partial charge in [0, 0.05) is 18.1 Å². The Hall–Kier alpha value is -2.23. The average Bonchev–Trinajstić information content (AvgIpc) is 2.93. The lowest BCUT2D eigenvalue weighted by Crippen LogP contribution is -2.62. The monoisotopic (exact) mass is 339 g/mol. The maximum Gasteiger partial charge on any atom is 0.422 e. The van der Waals surface area contributed by atoms with E-state index in [9.17, 15) is 26.3 Å². The zero-order valence-corrected chi connectivity index (χ0v) is 11.6. The molecular weight excluding hydrogens is 328 g/mol. The molecule has 1 aromatic heterocycles. The number of nitrogens with two attached hydrogens (primary N) is 1. The first kappa shape index (κ1) is 17.1. The van der Waals surface area contributed by atoms with Crippen molar-refractivity contribution in [3.05, 3.63) is 42.5 Å². The van der Waals surface area contributed by atoms with Crippen molar-refractivity contribution in [2.45, 2.75) is 17.9 Å². The van der Waals surface area contributed by atoms with Gasteiger partial charge in [0.15, 0.2) is 5.82 Å². The molecule has 0 aliphatic heterocycles. The third-order valence-corrected chi connectivity index (χ3v) is 3.24. The number of ether oxygens (including phenoxy) is 1. The van der Waals surface area contributed by atoms with E-state index in [-0.39, 0.29) is 5.69 Å². The fourth-order valence-electron chi connectivity index (χ4n) is 1.96. The molecule has 2 rings (SSSR count). The molecule has 0 radical (unpaired) electrons. The van der Waals surface area contributed by atoms with E-state index in [4.69, 9.17) is 10.5 Å². The van der Waals surface area contributed by atoms with Gasteiger partial charge >= 0.3 is 12.4 Å². The maximum absolute atomic E-state index is 13.1. The van der Waals surface area contributed by atoms with Gasteiger partial charge in [0.1, 0.15) is 5.75 Å². The lowest BCUT2D eigenvalue weighted by Gasteiger charge is -2.33. The quantitative estimate of drug-likeness (QED) is 0.874. The molecule has 0 atom stereocenters. The Labute approximate surface area is 126 Å². The van der Waals surface area contributed by atoms with Gasteiger partial charge in [-0.3, -0.25) is 0 Å². The smallest absolute Gasteiger partial charge is 0.422 e. The van der Waals surface area contributed by atoms with Crippen LogP contribution < -0.4 is 10.5 Å². The normalized spacial score (nSPS) is 13.2. The molecule has 4 nitrogen and oxygen atoms in total. The van der Waals surface area contributed by atoms with E-state index in [0.717, 1.165) is 12.4 Å². The van der Waals surface area contributed by atoms with Crippen molar-refractivity contribution >= 4 is 0 Å². The molecule has 0 fully saturated rings. The summed E-state index contributed by atoms with van der Waals surface area (Å²) in [5, 5.41) is 0. The number of alkyl halides is 6. The molecule has 1 heterocycles. The molecule has 0 unspecified atom stereocenters. The highest BCUT2D eigenvalue weighted by Gasteiger charge is 2.72. The first-order chi connectivity index (χ1) is 10.5. The van der Waals surface area contributed by atoms with Crippen molar-refractivity contribution in [2.75, 3.05) is 7.11 Å². The number of methoxy groups -OCH3 is 1. The zero-order chi connectivity index (χ0) is 17.5. The lowest BCUT2D eigenvalue weighted by molar-refractivity contribution is -0.304.